The Hall–Kier alpha value is -2.84. The Labute approximate surface area is 173 Å². The molecule has 1 N–H and O–H groups in total. The Kier molecular flexibility index (Phi) is 6.90. The first-order valence-electron chi connectivity index (χ1n) is 9.19. The highest BCUT2D eigenvalue weighted by molar-refractivity contribution is 6.34. The van der Waals surface area contributed by atoms with Crippen LogP contribution in [0.25, 0.3) is 0 Å². The summed E-state index contributed by atoms with van der Waals surface area (Å²) in [5, 5.41) is 2.87. The number of rotatable bonds is 6. The third-order valence-corrected chi connectivity index (χ3v) is 4.67. The normalized spacial score (nSPS) is 13.7. The number of benzene rings is 1. The Morgan fingerprint density at radius 2 is 2.00 bits per heavy atom. The van der Waals surface area contributed by atoms with Crippen LogP contribution in [0.1, 0.15) is 27.8 Å². The largest absolute Gasteiger partial charge is 0.478 e. The van der Waals surface area contributed by atoms with Crippen molar-refractivity contribution in [3.63, 3.8) is 0 Å². The number of carbonyl (C=O) groups is 2. The third-order valence-electron chi connectivity index (χ3n) is 4.36. The van der Waals surface area contributed by atoms with Crippen LogP contribution < -0.4 is 15.0 Å². The number of nitrogens with one attached hydrogen (secondary N) is 1. The summed E-state index contributed by atoms with van der Waals surface area (Å²) in [6.07, 6.45) is 0. The van der Waals surface area contributed by atoms with Gasteiger partial charge in [0.2, 0.25) is 5.88 Å². The number of carbonyl (C=O) groups excluding carboxylic acids is 2. The second kappa shape index (κ2) is 9.58. The van der Waals surface area contributed by atoms with Gasteiger partial charge in [0.15, 0.2) is 5.69 Å². The summed E-state index contributed by atoms with van der Waals surface area (Å²) >= 11 is 6.12. The summed E-state index contributed by atoms with van der Waals surface area (Å²) in [5.74, 6) is -0.823. The lowest BCUT2D eigenvalue weighted by Gasteiger charge is -2.29. The molecule has 1 aliphatic rings. The molecule has 1 aliphatic heterocycles. The molecule has 0 spiro atoms. The lowest BCUT2D eigenvalue weighted by molar-refractivity contribution is 0.0602. The van der Waals surface area contributed by atoms with Crippen molar-refractivity contribution in [2.45, 2.75) is 6.92 Å². The number of halogens is 1. The molecular formula is C20H22ClN3O5. The van der Waals surface area contributed by atoms with Crippen LogP contribution in [0.4, 0.5) is 11.4 Å². The van der Waals surface area contributed by atoms with Gasteiger partial charge in [0.25, 0.3) is 5.91 Å². The van der Waals surface area contributed by atoms with Crippen molar-refractivity contribution in [2.24, 2.45) is 0 Å². The Bertz CT molecular complexity index is 900. The van der Waals surface area contributed by atoms with Crippen molar-refractivity contribution in [1.82, 2.24) is 4.98 Å². The number of pyridine rings is 1. The highest BCUT2D eigenvalue weighted by atomic mass is 35.5. The SMILES string of the molecule is CCOc1ccc(Cl)c(C(=O)Nc2ccc(N3CCOCC3)cc2C(=O)OC)n1. The van der Waals surface area contributed by atoms with Gasteiger partial charge in [0.05, 0.1) is 43.2 Å². The highest BCUT2D eigenvalue weighted by Gasteiger charge is 2.21. The molecule has 2 aromatic rings. The average molecular weight is 420 g/mol. The highest BCUT2D eigenvalue weighted by Crippen LogP contribution is 2.26. The van der Waals surface area contributed by atoms with E-state index < -0.39 is 11.9 Å². The Balaban J connectivity index is 1.88. The number of esters is 1. The second-order valence-electron chi connectivity index (χ2n) is 6.19. The smallest absolute Gasteiger partial charge is 0.340 e. The monoisotopic (exact) mass is 419 g/mol. The molecule has 8 nitrogen and oxygen atoms in total. The Morgan fingerprint density at radius 3 is 2.69 bits per heavy atom. The number of amides is 1. The first-order chi connectivity index (χ1) is 14.0. The number of nitrogens with zero attached hydrogens (tertiary/aromatic N) is 2. The molecule has 1 aromatic carbocycles. The fourth-order valence-corrected chi connectivity index (χ4v) is 3.12. The summed E-state index contributed by atoms with van der Waals surface area (Å²) in [6.45, 7) is 4.89. The van der Waals surface area contributed by atoms with Crippen LogP contribution in [-0.4, -0.2) is 56.9 Å². The molecule has 154 valence electrons. The molecule has 3 rings (SSSR count). The minimum atomic E-state index is -0.558. The number of methoxy groups -OCH3 is 1. The minimum Gasteiger partial charge on any atom is -0.478 e. The Morgan fingerprint density at radius 1 is 1.24 bits per heavy atom. The molecule has 0 radical (unpaired) electrons. The van der Waals surface area contributed by atoms with Gasteiger partial charge in [-0.2, -0.15) is 0 Å². The minimum absolute atomic E-state index is 0.00527. The topological polar surface area (TPSA) is 90.0 Å². The summed E-state index contributed by atoms with van der Waals surface area (Å²) in [5.41, 5.74) is 1.40. The number of hydrogen-bond donors (Lipinski definition) is 1. The van der Waals surface area contributed by atoms with Crippen LogP contribution in [-0.2, 0) is 9.47 Å². The van der Waals surface area contributed by atoms with Gasteiger partial charge in [-0.15, -0.1) is 0 Å². The van der Waals surface area contributed by atoms with E-state index in [1.807, 2.05) is 13.0 Å². The maximum Gasteiger partial charge on any atom is 0.340 e. The van der Waals surface area contributed by atoms with Crippen LogP contribution in [0, 0.1) is 0 Å². The number of morpholine rings is 1. The van der Waals surface area contributed by atoms with Gasteiger partial charge in [-0.25, -0.2) is 9.78 Å². The van der Waals surface area contributed by atoms with E-state index in [0.29, 0.717) is 25.5 Å². The van der Waals surface area contributed by atoms with Gasteiger partial charge in [0.1, 0.15) is 0 Å². The van der Waals surface area contributed by atoms with E-state index in [2.05, 4.69) is 15.2 Å². The number of ether oxygens (including phenoxy) is 3. The van der Waals surface area contributed by atoms with Gasteiger partial charge in [-0.3, -0.25) is 4.79 Å². The zero-order valence-corrected chi connectivity index (χ0v) is 17.0. The van der Waals surface area contributed by atoms with Crippen molar-refractivity contribution in [3.05, 3.63) is 46.6 Å². The van der Waals surface area contributed by atoms with E-state index in [9.17, 15) is 9.59 Å². The second-order valence-corrected chi connectivity index (χ2v) is 6.60. The van der Waals surface area contributed by atoms with Gasteiger partial charge < -0.3 is 24.4 Å². The van der Waals surface area contributed by atoms with E-state index in [0.717, 1.165) is 18.8 Å². The molecule has 0 bridgehead atoms. The predicted molar refractivity (Wildman–Crippen MR) is 109 cm³/mol. The molecule has 1 amide bonds. The summed E-state index contributed by atoms with van der Waals surface area (Å²) < 4.78 is 15.6. The average Bonchev–Trinajstić information content (AvgIpc) is 2.75. The molecule has 2 heterocycles. The van der Waals surface area contributed by atoms with Crippen molar-refractivity contribution < 1.29 is 23.8 Å². The van der Waals surface area contributed by atoms with Crippen LogP contribution in [0.5, 0.6) is 5.88 Å². The third kappa shape index (κ3) is 4.96. The molecular weight excluding hydrogens is 398 g/mol. The van der Waals surface area contributed by atoms with Crippen molar-refractivity contribution >= 4 is 34.9 Å². The van der Waals surface area contributed by atoms with Crippen molar-refractivity contribution in [1.29, 1.82) is 0 Å². The fraction of sp³-hybridized carbons (Fsp3) is 0.350. The lowest BCUT2D eigenvalue weighted by Crippen LogP contribution is -2.36. The maximum absolute atomic E-state index is 12.7. The van der Waals surface area contributed by atoms with E-state index in [1.54, 1.807) is 18.2 Å². The summed E-state index contributed by atoms with van der Waals surface area (Å²) in [4.78, 5) is 31.3. The number of hydrogen-bond acceptors (Lipinski definition) is 7. The fourth-order valence-electron chi connectivity index (χ4n) is 2.93. The molecule has 0 unspecified atom stereocenters. The van der Waals surface area contributed by atoms with Gasteiger partial charge in [0, 0.05) is 24.8 Å². The summed E-state index contributed by atoms with van der Waals surface area (Å²) in [6, 6.07) is 8.31. The molecule has 0 saturated carbocycles. The van der Waals surface area contributed by atoms with Gasteiger partial charge in [-0.1, -0.05) is 11.6 Å². The predicted octanol–water partition coefficient (Wildman–Crippen LogP) is 3.01. The zero-order valence-electron chi connectivity index (χ0n) is 16.2. The van der Waals surface area contributed by atoms with Crippen molar-refractivity contribution in [3.8, 4) is 5.88 Å². The first-order valence-corrected chi connectivity index (χ1v) is 9.57. The molecule has 29 heavy (non-hydrogen) atoms. The number of anilines is 2. The van der Waals surface area contributed by atoms with Gasteiger partial charge in [-0.05, 0) is 31.2 Å². The standard InChI is InChI=1S/C20H22ClN3O5/c1-3-29-17-7-5-15(21)18(23-17)19(25)22-16-6-4-13(12-14(16)20(26)27-2)24-8-10-28-11-9-24/h4-7,12H,3,8-11H2,1-2H3,(H,22,25). The molecule has 1 aromatic heterocycles. The quantitative estimate of drug-likeness (QED) is 0.720. The van der Waals surface area contributed by atoms with Crippen LogP contribution >= 0.6 is 11.6 Å². The van der Waals surface area contributed by atoms with E-state index in [1.165, 1.54) is 13.2 Å². The van der Waals surface area contributed by atoms with Crippen LogP contribution in [0.2, 0.25) is 5.02 Å². The maximum atomic E-state index is 12.7. The lowest BCUT2D eigenvalue weighted by atomic mass is 10.1. The van der Waals surface area contributed by atoms with Crippen LogP contribution in [0.3, 0.4) is 0 Å². The van der Waals surface area contributed by atoms with E-state index >= 15 is 0 Å². The molecule has 0 aliphatic carbocycles. The van der Waals surface area contributed by atoms with Crippen molar-refractivity contribution in [2.75, 3.05) is 50.2 Å². The molecule has 1 fully saturated rings. The molecule has 0 atom stereocenters. The van der Waals surface area contributed by atoms with Crippen LogP contribution in [0.15, 0.2) is 30.3 Å². The first kappa shape index (κ1) is 20.9. The zero-order chi connectivity index (χ0) is 20.8. The molecule has 1 saturated heterocycles. The molecule has 9 heteroatoms. The number of aromatic nitrogens is 1. The van der Waals surface area contributed by atoms with E-state index in [4.69, 9.17) is 25.8 Å². The van der Waals surface area contributed by atoms with E-state index in [-0.39, 0.29) is 22.2 Å². The van der Waals surface area contributed by atoms with Gasteiger partial charge >= 0.3 is 5.97 Å². The summed E-state index contributed by atoms with van der Waals surface area (Å²) in [7, 11) is 1.29.